The molecule has 7 heteroatoms. The Hall–Kier alpha value is -3.87. The molecule has 3 heterocycles. The van der Waals surface area contributed by atoms with Gasteiger partial charge in [-0.25, -0.2) is 9.48 Å². The van der Waals surface area contributed by atoms with Gasteiger partial charge in [0.15, 0.2) is 0 Å². The van der Waals surface area contributed by atoms with E-state index >= 15 is 0 Å². The van der Waals surface area contributed by atoms with E-state index < -0.39 is 0 Å². The predicted octanol–water partition coefficient (Wildman–Crippen LogP) is 3.18. The van der Waals surface area contributed by atoms with Crippen molar-refractivity contribution in [2.75, 3.05) is 7.11 Å². The van der Waals surface area contributed by atoms with E-state index in [0.717, 1.165) is 22.6 Å². The van der Waals surface area contributed by atoms with Crippen molar-refractivity contribution in [1.82, 2.24) is 25.0 Å². The molecule has 0 N–H and O–H groups in total. The van der Waals surface area contributed by atoms with E-state index in [2.05, 4.69) is 20.3 Å². The lowest BCUT2D eigenvalue weighted by atomic mass is 10.1. The maximum Gasteiger partial charge on any atom is 0.337 e. The Balaban J connectivity index is 1.62. The third-order valence-electron chi connectivity index (χ3n) is 4.03. The first-order valence-electron chi connectivity index (χ1n) is 8.23. The first-order valence-corrected chi connectivity index (χ1v) is 8.23. The molecule has 1 aromatic carbocycles. The number of carbonyl (C=O) groups excluding carboxylic acids is 1. The zero-order valence-corrected chi connectivity index (χ0v) is 14.5. The van der Waals surface area contributed by atoms with Crippen molar-refractivity contribution < 1.29 is 9.53 Å². The summed E-state index contributed by atoms with van der Waals surface area (Å²) in [5, 5.41) is 8.42. The van der Waals surface area contributed by atoms with Crippen LogP contribution < -0.4 is 0 Å². The fraction of sp³-hybridized carbons (Fsp3) is 0.0500. The Kier molecular flexibility index (Phi) is 4.40. The van der Waals surface area contributed by atoms with Crippen LogP contribution in [0.1, 0.15) is 10.4 Å². The van der Waals surface area contributed by atoms with Crippen LogP contribution in [0.3, 0.4) is 0 Å². The predicted molar refractivity (Wildman–Crippen MR) is 99.2 cm³/mol. The summed E-state index contributed by atoms with van der Waals surface area (Å²) < 4.78 is 6.39. The molecule has 0 spiro atoms. The van der Waals surface area contributed by atoms with Crippen LogP contribution in [-0.2, 0) is 4.74 Å². The molecule has 0 saturated heterocycles. The maximum atomic E-state index is 11.5. The average Bonchev–Trinajstić information content (AvgIpc) is 3.24. The first-order chi connectivity index (χ1) is 13.2. The van der Waals surface area contributed by atoms with Gasteiger partial charge in [0.1, 0.15) is 5.69 Å². The third-order valence-corrected chi connectivity index (χ3v) is 4.03. The zero-order valence-electron chi connectivity index (χ0n) is 14.5. The lowest BCUT2D eigenvalue weighted by Gasteiger charge is -2.03. The van der Waals surface area contributed by atoms with Crippen LogP contribution in [0.4, 0.5) is 0 Å². The van der Waals surface area contributed by atoms with Gasteiger partial charge in [0.2, 0.25) is 0 Å². The number of nitrogens with zero attached hydrogens (tertiary/aromatic N) is 5. The fourth-order valence-corrected chi connectivity index (χ4v) is 2.63. The molecule has 0 fully saturated rings. The molecule has 132 valence electrons. The van der Waals surface area contributed by atoms with E-state index in [9.17, 15) is 4.79 Å². The van der Waals surface area contributed by atoms with Gasteiger partial charge in [-0.1, -0.05) is 23.4 Å². The van der Waals surface area contributed by atoms with Gasteiger partial charge in [-0.05, 0) is 36.4 Å². The molecule has 7 nitrogen and oxygen atoms in total. The molecule has 0 saturated carbocycles. The van der Waals surface area contributed by atoms with Gasteiger partial charge in [0.05, 0.1) is 35.9 Å². The van der Waals surface area contributed by atoms with Gasteiger partial charge >= 0.3 is 5.97 Å². The van der Waals surface area contributed by atoms with E-state index in [4.69, 9.17) is 4.74 Å². The van der Waals surface area contributed by atoms with Crippen molar-refractivity contribution >= 4 is 5.97 Å². The highest BCUT2D eigenvalue weighted by Gasteiger charge is 2.09. The molecule has 0 atom stereocenters. The molecular weight excluding hydrogens is 342 g/mol. The molecule has 0 aliphatic rings. The molecule has 0 aliphatic heterocycles. The summed E-state index contributed by atoms with van der Waals surface area (Å²) in [6.07, 6.45) is 5.27. The van der Waals surface area contributed by atoms with Crippen molar-refractivity contribution in [2.45, 2.75) is 0 Å². The van der Waals surface area contributed by atoms with E-state index in [1.165, 1.54) is 7.11 Å². The summed E-state index contributed by atoms with van der Waals surface area (Å²) in [5.41, 5.74) is 4.42. The largest absolute Gasteiger partial charge is 0.465 e. The summed E-state index contributed by atoms with van der Waals surface area (Å²) in [7, 11) is 1.36. The third kappa shape index (κ3) is 3.43. The summed E-state index contributed by atoms with van der Waals surface area (Å²) >= 11 is 0. The smallest absolute Gasteiger partial charge is 0.337 e. The Morgan fingerprint density at radius 2 is 1.74 bits per heavy atom. The minimum atomic E-state index is -0.371. The summed E-state index contributed by atoms with van der Waals surface area (Å²) in [5.74, 6) is -0.371. The topological polar surface area (TPSA) is 82.8 Å². The van der Waals surface area contributed by atoms with E-state index in [1.807, 2.05) is 48.7 Å². The molecule has 4 aromatic rings. The van der Waals surface area contributed by atoms with Crippen LogP contribution in [-0.4, -0.2) is 38.0 Å². The van der Waals surface area contributed by atoms with E-state index in [0.29, 0.717) is 11.3 Å². The van der Waals surface area contributed by atoms with Crippen molar-refractivity contribution in [3.05, 3.63) is 78.8 Å². The van der Waals surface area contributed by atoms with Crippen molar-refractivity contribution in [3.63, 3.8) is 0 Å². The quantitative estimate of drug-likeness (QED) is 0.522. The molecule has 4 rings (SSSR count). The molecule has 0 aliphatic carbocycles. The Labute approximate surface area is 155 Å². The first kappa shape index (κ1) is 16.6. The van der Waals surface area contributed by atoms with Crippen molar-refractivity contribution in [1.29, 1.82) is 0 Å². The summed E-state index contributed by atoms with van der Waals surface area (Å²) in [4.78, 5) is 20.2. The molecule has 3 aromatic heterocycles. The van der Waals surface area contributed by atoms with E-state index in [-0.39, 0.29) is 5.97 Å². The Bertz CT molecular complexity index is 1070. The SMILES string of the molecule is COC(=O)c1ccc(-c2cn(-c3ccnc(-c4ccccn4)c3)nn2)cc1. The second-order valence-corrected chi connectivity index (χ2v) is 5.73. The second kappa shape index (κ2) is 7.17. The number of hydrogen-bond donors (Lipinski definition) is 0. The number of methoxy groups -OCH3 is 1. The lowest BCUT2D eigenvalue weighted by Crippen LogP contribution is -2.00. The summed E-state index contributed by atoms with van der Waals surface area (Å²) in [6, 6.07) is 16.5. The molecule has 0 unspecified atom stereocenters. The highest BCUT2D eigenvalue weighted by atomic mass is 16.5. The molecule has 0 bridgehead atoms. The van der Waals surface area contributed by atoms with Crippen LogP contribution >= 0.6 is 0 Å². The second-order valence-electron chi connectivity index (χ2n) is 5.73. The van der Waals surface area contributed by atoms with Crippen LogP contribution in [0.15, 0.2) is 73.2 Å². The average molecular weight is 357 g/mol. The van der Waals surface area contributed by atoms with E-state index in [1.54, 1.807) is 29.2 Å². The van der Waals surface area contributed by atoms with Crippen molar-refractivity contribution in [3.8, 4) is 28.3 Å². The maximum absolute atomic E-state index is 11.5. The molecule has 0 amide bonds. The molecule has 0 radical (unpaired) electrons. The van der Waals surface area contributed by atoms with Gasteiger partial charge in [-0.15, -0.1) is 5.10 Å². The number of esters is 1. The standard InChI is InChI=1S/C20H15N5O2/c1-27-20(26)15-7-5-14(6-8-15)19-13-25(24-23-19)16-9-11-22-18(12-16)17-4-2-3-10-21-17/h2-13H,1H3. The normalized spacial score (nSPS) is 10.6. The Morgan fingerprint density at radius 3 is 2.48 bits per heavy atom. The minimum absolute atomic E-state index is 0.371. The van der Waals surface area contributed by atoms with Gasteiger partial charge in [0, 0.05) is 18.0 Å². The number of carbonyl (C=O) groups is 1. The van der Waals surface area contributed by atoms with Gasteiger partial charge in [-0.2, -0.15) is 0 Å². The number of ether oxygens (including phenoxy) is 1. The number of aromatic nitrogens is 5. The zero-order chi connectivity index (χ0) is 18.6. The number of rotatable bonds is 4. The lowest BCUT2D eigenvalue weighted by molar-refractivity contribution is 0.0601. The molecule has 27 heavy (non-hydrogen) atoms. The number of pyridine rings is 2. The van der Waals surface area contributed by atoms with Crippen LogP contribution in [0.25, 0.3) is 28.3 Å². The van der Waals surface area contributed by atoms with Gasteiger partial charge in [0.25, 0.3) is 0 Å². The van der Waals surface area contributed by atoms with Crippen molar-refractivity contribution in [2.24, 2.45) is 0 Å². The Morgan fingerprint density at radius 1 is 0.926 bits per heavy atom. The number of hydrogen-bond acceptors (Lipinski definition) is 6. The van der Waals surface area contributed by atoms with Crippen LogP contribution in [0.2, 0.25) is 0 Å². The van der Waals surface area contributed by atoms with Gasteiger partial charge in [-0.3, -0.25) is 9.97 Å². The fourth-order valence-electron chi connectivity index (χ4n) is 2.63. The van der Waals surface area contributed by atoms with Crippen LogP contribution in [0.5, 0.6) is 0 Å². The number of benzene rings is 1. The minimum Gasteiger partial charge on any atom is -0.465 e. The molecular formula is C20H15N5O2. The monoisotopic (exact) mass is 357 g/mol. The highest BCUT2D eigenvalue weighted by Crippen LogP contribution is 2.21. The van der Waals surface area contributed by atoms with Crippen LogP contribution in [0, 0.1) is 0 Å². The van der Waals surface area contributed by atoms with Gasteiger partial charge < -0.3 is 4.74 Å². The summed E-state index contributed by atoms with van der Waals surface area (Å²) in [6.45, 7) is 0. The highest BCUT2D eigenvalue weighted by molar-refractivity contribution is 5.89.